The van der Waals surface area contributed by atoms with Crippen LogP contribution >= 0.6 is 0 Å². The minimum absolute atomic E-state index is 0.384. The van der Waals surface area contributed by atoms with Crippen molar-refractivity contribution in [2.45, 2.75) is 32.7 Å². The van der Waals surface area contributed by atoms with Gasteiger partial charge in [-0.1, -0.05) is 0 Å². The second-order valence-corrected chi connectivity index (χ2v) is 4.20. The van der Waals surface area contributed by atoms with Gasteiger partial charge in [-0.3, -0.25) is 0 Å². The van der Waals surface area contributed by atoms with Crippen LogP contribution in [-0.2, 0) is 6.42 Å². The third kappa shape index (κ3) is 1.57. The highest BCUT2D eigenvalue weighted by atomic mass is 16.3. The molecule has 2 nitrogen and oxygen atoms in total. The molecule has 2 rings (SSSR count). The molecule has 14 heavy (non-hydrogen) atoms. The topological polar surface area (TPSA) is 23.5 Å². The Balaban J connectivity index is 2.40. The molecule has 1 aromatic rings. The van der Waals surface area contributed by atoms with Crippen LogP contribution in [0.15, 0.2) is 18.2 Å². The molecule has 0 radical (unpaired) electrons. The molecule has 1 aromatic carbocycles. The standard InChI is InChI=1S/C12H17NO/c1-9(2)13-7-3-4-10-8-11(14)5-6-12(10)13/h5-6,8-9,14H,3-4,7H2,1-2H3. The number of hydrogen-bond donors (Lipinski definition) is 1. The van der Waals surface area contributed by atoms with Gasteiger partial charge in [-0.25, -0.2) is 0 Å². The van der Waals surface area contributed by atoms with Gasteiger partial charge in [-0.2, -0.15) is 0 Å². The van der Waals surface area contributed by atoms with Gasteiger partial charge in [-0.15, -0.1) is 0 Å². The summed E-state index contributed by atoms with van der Waals surface area (Å²) in [6, 6.07) is 6.24. The second kappa shape index (κ2) is 3.52. The Bertz CT molecular complexity index is 333. The number of phenols is 1. The Hall–Kier alpha value is -1.18. The fourth-order valence-corrected chi connectivity index (χ4v) is 2.15. The Kier molecular flexibility index (Phi) is 2.36. The van der Waals surface area contributed by atoms with Crippen LogP contribution in [0, 0.1) is 0 Å². The molecule has 0 unspecified atom stereocenters. The molecule has 0 saturated heterocycles. The molecule has 1 aliphatic heterocycles. The lowest BCUT2D eigenvalue weighted by molar-refractivity contribution is 0.473. The average molecular weight is 191 g/mol. The first-order chi connectivity index (χ1) is 6.68. The van der Waals surface area contributed by atoms with Gasteiger partial charge in [0.2, 0.25) is 0 Å². The number of anilines is 1. The maximum atomic E-state index is 9.39. The predicted molar refractivity (Wildman–Crippen MR) is 58.9 cm³/mol. The van der Waals surface area contributed by atoms with Crippen molar-refractivity contribution in [3.63, 3.8) is 0 Å². The van der Waals surface area contributed by atoms with E-state index in [4.69, 9.17) is 0 Å². The molecule has 1 aliphatic rings. The number of nitrogens with zero attached hydrogens (tertiary/aromatic N) is 1. The molecular formula is C12H17NO. The molecule has 0 bridgehead atoms. The van der Waals surface area contributed by atoms with Crippen LogP contribution in [0.5, 0.6) is 5.75 Å². The highest BCUT2D eigenvalue weighted by molar-refractivity contribution is 5.58. The SMILES string of the molecule is CC(C)N1CCCc2cc(O)ccc21. The number of phenolic OH excluding ortho intramolecular Hbond substituents is 1. The quantitative estimate of drug-likeness (QED) is 0.737. The van der Waals surface area contributed by atoms with E-state index in [2.05, 4.69) is 18.7 Å². The summed E-state index contributed by atoms with van der Waals surface area (Å²) in [5.41, 5.74) is 2.58. The van der Waals surface area contributed by atoms with E-state index in [0.717, 1.165) is 13.0 Å². The first-order valence-corrected chi connectivity index (χ1v) is 5.27. The van der Waals surface area contributed by atoms with E-state index in [1.54, 1.807) is 6.07 Å². The van der Waals surface area contributed by atoms with Crippen LogP contribution in [0.2, 0.25) is 0 Å². The van der Waals surface area contributed by atoms with Crippen molar-refractivity contribution in [1.29, 1.82) is 0 Å². The summed E-state index contributed by atoms with van der Waals surface area (Å²) in [6.07, 6.45) is 2.28. The van der Waals surface area contributed by atoms with Gasteiger partial charge in [0.15, 0.2) is 0 Å². The Morgan fingerprint density at radius 1 is 1.36 bits per heavy atom. The van der Waals surface area contributed by atoms with E-state index in [1.165, 1.54) is 17.7 Å². The smallest absolute Gasteiger partial charge is 0.116 e. The number of aromatic hydroxyl groups is 1. The maximum Gasteiger partial charge on any atom is 0.116 e. The molecule has 0 aromatic heterocycles. The molecule has 0 fully saturated rings. The van der Waals surface area contributed by atoms with Gasteiger partial charge in [-0.05, 0) is 50.5 Å². The lowest BCUT2D eigenvalue weighted by Gasteiger charge is -2.34. The average Bonchev–Trinajstić information content (AvgIpc) is 2.16. The highest BCUT2D eigenvalue weighted by Crippen LogP contribution is 2.31. The van der Waals surface area contributed by atoms with Crippen molar-refractivity contribution in [2.24, 2.45) is 0 Å². The van der Waals surface area contributed by atoms with Gasteiger partial charge in [0.05, 0.1) is 0 Å². The third-order valence-electron chi connectivity index (χ3n) is 2.84. The van der Waals surface area contributed by atoms with E-state index in [1.807, 2.05) is 12.1 Å². The third-order valence-corrected chi connectivity index (χ3v) is 2.84. The summed E-state index contributed by atoms with van der Waals surface area (Å²) in [6.45, 7) is 5.55. The molecule has 76 valence electrons. The minimum Gasteiger partial charge on any atom is -0.508 e. The molecule has 2 heteroatoms. The van der Waals surface area contributed by atoms with Gasteiger partial charge in [0, 0.05) is 18.3 Å². The monoisotopic (exact) mass is 191 g/mol. The lowest BCUT2D eigenvalue weighted by atomic mass is 10.0. The van der Waals surface area contributed by atoms with Crippen LogP contribution in [-0.4, -0.2) is 17.7 Å². The predicted octanol–water partition coefficient (Wildman–Crippen LogP) is 2.55. The van der Waals surface area contributed by atoms with Crippen LogP contribution in [0.1, 0.15) is 25.8 Å². The van der Waals surface area contributed by atoms with E-state index in [0.29, 0.717) is 11.8 Å². The normalized spacial score (nSPS) is 15.8. The van der Waals surface area contributed by atoms with Gasteiger partial charge >= 0.3 is 0 Å². The van der Waals surface area contributed by atoms with Gasteiger partial charge in [0.25, 0.3) is 0 Å². The molecular weight excluding hydrogens is 174 g/mol. The minimum atomic E-state index is 0.384. The zero-order chi connectivity index (χ0) is 10.1. The van der Waals surface area contributed by atoms with Gasteiger partial charge in [0.1, 0.15) is 5.75 Å². The zero-order valence-electron chi connectivity index (χ0n) is 8.83. The molecule has 0 amide bonds. The number of aryl methyl sites for hydroxylation is 1. The summed E-state index contributed by atoms with van der Waals surface area (Å²) in [5, 5.41) is 9.39. The largest absolute Gasteiger partial charge is 0.508 e. The molecule has 1 N–H and O–H groups in total. The van der Waals surface area contributed by atoms with E-state index < -0.39 is 0 Å². The van der Waals surface area contributed by atoms with E-state index in [9.17, 15) is 5.11 Å². The van der Waals surface area contributed by atoms with Crippen LogP contribution < -0.4 is 4.90 Å². The summed E-state index contributed by atoms with van der Waals surface area (Å²) in [5.74, 6) is 0.384. The summed E-state index contributed by atoms with van der Waals surface area (Å²) >= 11 is 0. The molecule has 0 atom stereocenters. The summed E-state index contributed by atoms with van der Waals surface area (Å²) in [7, 11) is 0. The summed E-state index contributed by atoms with van der Waals surface area (Å²) < 4.78 is 0. The highest BCUT2D eigenvalue weighted by Gasteiger charge is 2.18. The van der Waals surface area contributed by atoms with Crippen LogP contribution in [0.3, 0.4) is 0 Å². The fraction of sp³-hybridized carbons (Fsp3) is 0.500. The zero-order valence-corrected chi connectivity index (χ0v) is 8.83. The van der Waals surface area contributed by atoms with Crippen molar-refractivity contribution < 1.29 is 5.11 Å². The molecule has 1 heterocycles. The van der Waals surface area contributed by atoms with Crippen molar-refractivity contribution in [2.75, 3.05) is 11.4 Å². The Labute approximate surface area is 85.2 Å². The first-order valence-electron chi connectivity index (χ1n) is 5.27. The Morgan fingerprint density at radius 2 is 2.14 bits per heavy atom. The molecule has 0 aliphatic carbocycles. The van der Waals surface area contributed by atoms with Crippen molar-refractivity contribution in [3.05, 3.63) is 23.8 Å². The molecule has 0 spiro atoms. The van der Waals surface area contributed by atoms with E-state index >= 15 is 0 Å². The summed E-state index contributed by atoms with van der Waals surface area (Å²) in [4.78, 5) is 2.40. The lowest BCUT2D eigenvalue weighted by Crippen LogP contribution is -2.35. The van der Waals surface area contributed by atoms with Crippen molar-refractivity contribution in [1.82, 2.24) is 0 Å². The van der Waals surface area contributed by atoms with Crippen LogP contribution in [0.25, 0.3) is 0 Å². The number of rotatable bonds is 1. The second-order valence-electron chi connectivity index (χ2n) is 4.20. The number of hydrogen-bond acceptors (Lipinski definition) is 2. The van der Waals surface area contributed by atoms with Crippen molar-refractivity contribution >= 4 is 5.69 Å². The van der Waals surface area contributed by atoms with Crippen LogP contribution in [0.4, 0.5) is 5.69 Å². The maximum absolute atomic E-state index is 9.39. The Morgan fingerprint density at radius 3 is 2.86 bits per heavy atom. The number of fused-ring (bicyclic) bond motifs is 1. The van der Waals surface area contributed by atoms with Gasteiger partial charge < -0.3 is 10.0 Å². The number of benzene rings is 1. The first kappa shape index (κ1) is 9.38. The fourth-order valence-electron chi connectivity index (χ4n) is 2.15. The molecule has 0 saturated carbocycles. The van der Waals surface area contributed by atoms with Crippen molar-refractivity contribution in [3.8, 4) is 5.75 Å². The van der Waals surface area contributed by atoms with E-state index in [-0.39, 0.29) is 0 Å².